The Morgan fingerprint density at radius 2 is 1.88 bits per heavy atom. The Balaban J connectivity index is 1.76. The molecule has 2 atom stereocenters. The molecule has 33 heavy (non-hydrogen) atoms. The molecule has 4 rings (SSSR count). The van der Waals surface area contributed by atoms with Crippen molar-refractivity contribution in [1.82, 2.24) is 19.8 Å². The standard InChI is InChI=1S/C24H28ClN5O2S/c1-4-13-29(14-5-2)23(31)21-20(17-11-12-19(32-3)18(25)15-17)28-30-22(26-27-24(30)33-21)16-9-7-6-8-10-16/h6-12,15,20-21,28H,4-5,13-14H2,1-3H3. The van der Waals surface area contributed by atoms with Crippen LogP contribution in [0.3, 0.4) is 0 Å². The van der Waals surface area contributed by atoms with Crippen LogP contribution in [-0.4, -0.2) is 51.1 Å². The van der Waals surface area contributed by atoms with E-state index in [2.05, 4.69) is 29.5 Å². The summed E-state index contributed by atoms with van der Waals surface area (Å²) in [7, 11) is 1.59. The van der Waals surface area contributed by atoms with Crippen LogP contribution in [0.25, 0.3) is 11.4 Å². The Kier molecular flexibility index (Phi) is 7.45. The fourth-order valence-corrected chi connectivity index (χ4v) is 5.43. The number of hydrogen-bond acceptors (Lipinski definition) is 6. The van der Waals surface area contributed by atoms with Gasteiger partial charge in [0.2, 0.25) is 11.1 Å². The number of nitrogens with zero attached hydrogens (tertiary/aromatic N) is 4. The van der Waals surface area contributed by atoms with E-state index in [1.54, 1.807) is 7.11 Å². The van der Waals surface area contributed by atoms with Crippen LogP contribution in [0.1, 0.15) is 38.3 Å². The minimum atomic E-state index is -0.409. The van der Waals surface area contributed by atoms with Crippen molar-refractivity contribution in [3.8, 4) is 17.1 Å². The first-order chi connectivity index (χ1) is 16.1. The molecule has 1 amide bonds. The summed E-state index contributed by atoms with van der Waals surface area (Å²) in [5.74, 6) is 1.39. The number of halogens is 1. The minimum Gasteiger partial charge on any atom is -0.495 e. The van der Waals surface area contributed by atoms with Crippen molar-refractivity contribution < 1.29 is 9.53 Å². The highest BCUT2D eigenvalue weighted by Gasteiger charge is 2.40. The van der Waals surface area contributed by atoms with Crippen LogP contribution < -0.4 is 10.2 Å². The molecular weight excluding hydrogens is 458 g/mol. The van der Waals surface area contributed by atoms with Gasteiger partial charge < -0.3 is 15.1 Å². The number of thioether (sulfide) groups is 1. The highest BCUT2D eigenvalue weighted by molar-refractivity contribution is 8.00. The van der Waals surface area contributed by atoms with E-state index < -0.39 is 5.25 Å². The van der Waals surface area contributed by atoms with E-state index in [-0.39, 0.29) is 11.9 Å². The van der Waals surface area contributed by atoms with Gasteiger partial charge >= 0.3 is 0 Å². The maximum absolute atomic E-state index is 13.7. The molecule has 2 unspecified atom stereocenters. The molecule has 0 saturated carbocycles. The van der Waals surface area contributed by atoms with Gasteiger partial charge in [-0.1, -0.05) is 73.6 Å². The van der Waals surface area contributed by atoms with Gasteiger partial charge in [-0.2, -0.15) is 0 Å². The topological polar surface area (TPSA) is 72.3 Å². The average molecular weight is 486 g/mol. The Morgan fingerprint density at radius 1 is 1.15 bits per heavy atom. The van der Waals surface area contributed by atoms with E-state index in [1.165, 1.54) is 11.8 Å². The lowest BCUT2D eigenvalue weighted by molar-refractivity contribution is -0.131. The Morgan fingerprint density at radius 3 is 2.52 bits per heavy atom. The first-order valence-electron chi connectivity index (χ1n) is 11.1. The number of methoxy groups -OCH3 is 1. The molecule has 1 aromatic heterocycles. The number of nitrogens with one attached hydrogen (secondary N) is 1. The van der Waals surface area contributed by atoms with Gasteiger partial charge in [0.05, 0.1) is 18.2 Å². The van der Waals surface area contributed by atoms with Gasteiger partial charge in [-0.25, -0.2) is 4.68 Å². The summed E-state index contributed by atoms with van der Waals surface area (Å²) < 4.78 is 7.20. The summed E-state index contributed by atoms with van der Waals surface area (Å²) in [5.41, 5.74) is 5.36. The maximum atomic E-state index is 13.7. The van der Waals surface area contributed by atoms with E-state index in [0.717, 1.165) is 37.1 Å². The second kappa shape index (κ2) is 10.5. The molecule has 0 bridgehead atoms. The van der Waals surface area contributed by atoms with Gasteiger partial charge in [0.1, 0.15) is 11.0 Å². The van der Waals surface area contributed by atoms with Gasteiger partial charge in [-0.3, -0.25) is 4.79 Å². The molecule has 0 fully saturated rings. The van der Waals surface area contributed by atoms with Crippen LogP contribution in [0.15, 0.2) is 53.7 Å². The van der Waals surface area contributed by atoms with Gasteiger partial charge in [0, 0.05) is 18.7 Å². The molecule has 174 valence electrons. The number of carbonyl (C=O) groups is 1. The third-order valence-electron chi connectivity index (χ3n) is 5.55. The largest absolute Gasteiger partial charge is 0.495 e. The molecule has 1 N–H and O–H groups in total. The van der Waals surface area contributed by atoms with Crippen molar-refractivity contribution in [3.63, 3.8) is 0 Å². The number of hydrogen-bond donors (Lipinski definition) is 1. The number of ether oxygens (including phenoxy) is 1. The zero-order valence-electron chi connectivity index (χ0n) is 19.0. The van der Waals surface area contributed by atoms with E-state index in [4.69, 9.17) is 16.3 Å². The summed E-state index contributed by atoms with van der Waals surface area (Å²) in [6.07, 6.45) is 1.81. The summed E-state index contributed by atoms with van der Waals surface area (Å²) >= 11 is 7.90. The molecule has 0 radical (unpaired) electrons. The van der Waals surface area contributed by atoms with Crippen LogP contribution in [0, 0.1) is 0 Å². The fraction of sp³-hybridized carbons (Fsp3) is 0.375. The van der Waals surface area contributed by atoms with Crippen LogP contribution in [0.2, 0.25) is 5.02 Å². The first-order valence-corrected chi connectivity index (χ1v) is 12.4. The molecule has 0 spiro atoms. The lowest BCUT2D eigenvalue weighted by Crippen LogP contribution is -2.46. The zero-order chi connectivity index (χ0) is 23.4. The van der Waals surface area contributed by atoms with Crippen molar-refractivity contribution in [2.45, 2.75) is 43.1 Å². The van der Waals surface area contributed by atoms with Gasteiger partial charge in [0.25, 0.3) is 0 Å². The second-order valence-corrected chi connectivity index (χ2v) is 9.39. The molecule has 1 aliphatic rings. The Labute approximate surface area is 203 Å². The Hall–Kier alpha value is -2.71. The zero-order valence-corrected chi connectivity index (χ0v) is 20.6. The molecule has 2 heterocycles. The predicted octanol–water partition coefficient (Wildman–Crippen LogP) is 5.01. The van der Waals surface area contributed by atoms with Crippen LogP contribution in [0.5, 0.6) is 5.75 Å². The highest BCUT2D eigenvalue weighted by atomic mass is 35.5. The molecular formula is C24H28ClN5O2S. The fourth-order valence-electron chi connectivity index (χ4n) is 4.00. The van der Waals surface area contributed by atoms with Crippen molar-refractivity contribution in [1.29, 1.82) is 0 Å². The van der Waals surface area contributed by atoms with Crippen molar-refractivity contribution in [3.05, 3.63) is 59.1 Å². The quantitative estimate of drug-likeness (QED) is 0.483. The lowest BCUT2D eigenvalue weighted by Gasteiger charge is -2.36. The monoisotopic (exact) mass is 485 g/mol. The van der Waals surface area contributed by atoms with Crippen molar-refractivity contribution in [2.75, 3.05) is 25.6 Å². The van der Waals surface area contributed by atoms with E-state index in [0.29, 0.717) is 21.8 Å². The Bertz CT molecular complexity index is 1100. The molecule has 9 heteroatoms. The summed E-state index contributed by atoms with van der Waals surface area (Å²) in [4.78, 5) is 15.7. The third-order valence-corrected chi connectivity index (χ3v) is 7.04. The number of benzene rings is 2. The second-order valence-electron chi connectivity index (χ2n) is 7.87. The normalized spacial score (nSPS) is 17.2. The number of amides is 1. The molecule has 1 aliphatic heterocycles. The van der Waals surface area contributed by atoms with Crippen LogP contribution in [0.4, 0.5) is 0 Å². The van der Waals surface area contributed by atoms with Crippen LogP contribution >= 0.6 is 23.4 Å². The summed E-state index contributed by atoms with van der Waals surface area (Å²) in [6, 6.07) is 15.2. The number of aromatic nitrogens is 3. The molecule has 3 aromatic rings. The first kappa shape index (κ1) is 23.4. The minimum absolute atomic E-state index is 0.0867. The van der Waals surface area contributed by atoms with E-state index >= 15 is 0 Å². The lowest BCUT2D eigenvalue weighted by atomic mass is 10.0. The smallest absolute Gasteiger partial charge is 0.238 e. The molecule has 0 aliphatic carbocycles. The average Bonchev–Trinajstić information content (AvgIpc) is 3.26. The SMILES string of the molecule is CCCN(CCC)C(=O)C1Sc2nnc(-c3ccccc3)n2NC1c1ccc(OC)c(Cl)c1. The van der Waals surface area contributed by atoms with Crippen LogP contribution in [-0.2, 0) is 4.79 Å². The summed E-state index contributed by atoms with van der Waals surface area (Å²) in [6.45, 7) is 5.63. The maximum Gasteiger partial charge on any atom is 0.238 e. The number of carbonyl (C=O) groups excluding carboxylic acids is 1. The van der Waals surface area contributed by atoms with E-state index in [1.807, 2.05) is 58.1 Å². The van der Waals surface area contributed by atoms with Crippen molar-refractivity contribution >= 4 is 29.3 Å². The van der Waals surface area contributed by atoms with Crippen molar-refractivity contribution in [2.24, 2.45) is 0 Å². The third kappa shape index (κ3) is 4.82. The van der Waals surface area contributed by atoms with E-state index in [9.17, 15) is 4.79 Å². The number of rotatable bonds is 8. The summed E-state index contributed by atoms with van der Waals surface area (Å²) in [5, 5.41) is 9.56. The number of fused-ring (bicyclic) bond motifs is 1. The predicted molar refractivity (Wildman–Crippen MR) is 132 cm³/mol. The van der Waals surface area contributed by atoms with Gasteiger partial charge in [0.15, 0.2) is 5.82 Å². The molecule has 2 aromatic carbocycles. The van der Waals surface area contributed by atoms with Gasteiger partial charge in [-0.05, 0) is 30.5 Å². The molecule has 7 nitrogen and oxygen atoms in total. The molecule has 0 saturated heterocycles. The highest BCUT2D eigenvalue weighted by Crippen LogP contribution is 2.40. The van der Waals surface area contributed by atoms with Gasteiger partial charge in [-0.15, -0.1) is 10.2 Å².